The number of aromatic nitrogens is 2. The highest BCUT2D eigenvalue weighted by Gasteiger charge is 2.09. The number of carbonyl (C=O) groups is 1. The van der Waals surface area contributed by atoms with E-state index in [1.807, 2.05) is 60.8 Å². The summed E-state index contributed by atoms with van der Waals surface area (Å²) in [6, 6.07) is 18.6. The van der Waals surface area contributed by atoms with Gasteiger partial charge in [-0.25, -0.2) is 4.98 Å². The Hall–Kier alpha value is -3.51. The van der Waals surface area contributed by atoms with Gasteiger partial charge in [-0.3, -0.25) is 9.78 Å². The second-order valence-electron chi connectivity index (χ2n) is 6.46. The van der Waals surface area contributed by atoms with E-state index in [1.54, 1.807) is 35.9 Å². The van der Waals surface area contributed by atoms with Gasteiger partial charge in [-0.1, -0.05) is 24.3 Å². The molecule has 4 aromatic rings. The Labute approximate surface area is 173 Å². The zero-order valence-corrected chi connectivity index (χ0v) is 16.6. The Balaban J connectivity index is 1.45. The van der Waals surface area contributed by atoms with Crippen LogP contribution in [0.1, 0.15) is 20.9 Å². The number of hydrogen-bond acceptors (Lipinski definition) is 5. The summed E-state index contributed by atoms with van der Waals surface area (Å²) in [6.07, 6.45) is 3.48. The summed E-state index contributed by atoms with van der Waals surface area (Å²) in [7, 11) is 0. The average Bonchev–Trinajstić information content (AvgIpc) is 3.20. The van der Waals surface area contributed by atoms with Crippen LogP contribution in [0.15, 0.2) is 78.4 Å². The molecule has 1 amide bonds. The molecule has 144 valence electrons. The highest BCUT2D eigenvalue weighted by Crippen LogP contribution is 2.24. The number of nitrogens with zero attached hydrogens (tertiary/aromatic N) is 2. The van der Waals surface area contributed by atoms with Crippen LogP contribution in [0, 0.1) is 6.92 Å². The molecule has 0 aliphatic heterocycles. The summed E-state index contributed by atoms with van der Waals surface area (Å²) in [5, 5.41) is 5.97. The minimum atomic E-state index is -0.191. The Morgan fingerprint density at radius 2 is 2.00 bits per heavy atom. The lowest BCUT2D eigenvalue weighted by molar-refractivity contribution is 0.102. The van der Waals surface area contributed by atoms with Gasteiger partial charge >= 0.3 is 0 Å². The van der Waals surface area contributed by atoms with Crippen LogP contribution in [-0.2, 0) is 6.61 Å². The Morgan fingerprint density at radius 1 is 1.10 bits per heavy atom. The summed E-state index contributed by atoms with van der Waals surface area (Å²) < 4.78 is 5.79. The standard InChI is InChI=1S/C23H19N3O2S/c1-16-25-22(15-29-16)18-6-2-8-20(11-18)26-23(27)19-7-3-9-21(12-19)28-14-17-5-4-10-24-13-17/h2-13,15H,14H2,1H3,(H,26,27). The van der Waals surface area contributed by atoms with E-state index in [1.165, 1.54) is 0 Å². The molecule has 0 aliphatic carbocycles. The summed E-state index contributed by atoms with van der Waals surface area (Å²) in [5.41, 5.74) is 4.11. The first-order valence-corrected chi connectivity index (χ1v) is 10.0. The number of thiazole rings is 1. The zero-order chi connectivity index (χ0) is 20.1. The average molecular weight is 401 g/mol. The number of aryl methyl sites for hydroxylation is 1. The van der Waals surface area contributed by atoms with Crippen molar-refractivity contribution in [1.82, 2.24) is 9.97 Å². The second kappa shape index (κ2) is 8.67. The third-order valence-electron chi connectivity index (χ3n) is 4.26. The van der Waals surface area contributed by atoms with Gasteiger partial charge in [-0.15, -0.1) is 11.3 Å². The van der Waals surface area contributed by atoms with Crippen LogP contribution in [0.4, 0.5) is 5.69 Å². The van der Waals surface area contributed by atoms with Gasteiger partial charge in [0.1, 0.15) is 12.4 Å². The SMILES string of the molecule is Cc1nc(-c2cccc(NC(=O)c3cccc(OCc4cccnc4)c3)c2)cs1. The first kappa shape index (κ1) is 18.8. The van der Waals surface area contributed by atoms with Gasteiger partial charge in [-0.2, -0.15) is 0 Å². The fourth-order valence-electron chi connectivity index (χ4n) is 2.83. The first-order valence-electron chi connectivity index (χ1n) is 9.13. The predicted octanol–water partition coefficient (Wildman–Crippen LogP) is 5.34. The number of anilines is 1. The van der Waals surface area contributed by atoms with Crippen molar-refractivity contribution in [3.63, 3.8) is 0 Å². The smallest absolute Gasteiger partial charge is 0.255 e. The number of rotatable bonds is 6. The van der Waals surface area contributed by atoms with Gasteiger partial charge in [0.05, 0.1) is 10.7 Å². The van der Waals surface area contributed by atoms with Gasteiger partial charge in [0, 0.05) is 40.2 Å². The number of amides is 1. The van der Waals surface area contributed by atoms with Crippen molar-refractivity contribution in [2.45, 2.75) is 13.5 Å². The molecule has 4 rings (SSSR count). The molecule has 0 spiro atoms. The fraction of sp³-hybridized carbons (Fsp3) is 0.0870. The van der Waals surface area contributed by atoms with Gasteiger partial charge in [0.25, 0.3) is 5.91 Å². The molecule has 6 heteroatoms. The van der Waals surface area contributed by atoms with Crippen molar-refractivity contribution in [3.05, 3.63) is 94.6 Å². The minimum Gasteiger partial charge on any atom is -0.489 e. The number of nitrogens with one attached hydrogen (secondary N) is 1. The lowest BCUT2D eigenvalue weighted by Gasteiger charge is -2.09. The lowest BCUT2D eigenvalue weighted by atomic mass is 10.1. The maximum atomic E-state index is 12.7. The maximum Gasteiger partial charge on any atom is 0.255 e. The molecule has 0 atom stereocenters. The van der Waals surface area contributed by atoms with E-state index in [0.717, 1.165) is 27.5 Å². The third-order valence-corrected chi connectivity index (χ3v) is 5.03. The highest BCUT2D eigenvalue weighted by molar-refractivity contribution is 7.09. The molecular formula is C23H19N3O2S. The zero-order valence-electron chi connectivity index (χ0n) is 15.8. The van der Waals surface area contributed by atoms with Crippen LogP contribution in [-0.4, -0.2) is 15.9 Å². The molecule has 5 nitrogen and oxygen atoms in total. The van der Waals surface area contributed by atoms with Crippen LogP contribution in [0.25, 0.3) is 11.3 Å². The van der Waals surface area contributed by atoms with Crippen LogP contribution in [0.2, 0.25) is 0 Å². The summed E-state index contributed by atoms with van der Waals surface area (Å²) >= 11 is 1.60. The van der Waals surface area contributed by atoms with Gasteiger partial charge in [0.15, 0.2) is 0 Å². The molecule has 29 heavy (non-hydrogen) atoms. The number of carbonyl (C=O) groups excluding carboxylic acids is 1. The molecule has 0 unspecified atom stereocenters. The first-order chi connectivity index (χ1) is 14.2. The van der Waals surface area contributed by atoms with Crippen molar-refractivity contribution in [2.75, 3.05) is 5.32 Å². The number of ether oxygens (including phenoxy) is 1. The quantitative estimate of drug-likeness (QED) is 0.473. The highest BCUT2D eigenvalue weighted by atomic mass is 32.1. The maximum absolute atomic E-state index is 12.7. The minimum absolute atomic E-state index is 0.191. The molecule has 0 fully saturated rings. The summed E-state index contributed by atoms with van der Waals surface area (Å²) in [4.78, 5) is 21.3. The van der Waals surface area contributed by atoms with Crippen molar-refractivity contribution in [1.29, 1.82) is 0 Å². The molecule has 0 radical (unpaired) electrons. The number of pyridine rings is 1. The van der Waals surface area contributed by atoms with E-state index in [4.69, 9.17) is 4.74 Å². The largest absolute Gasteiger partial charge is 0.489 e. The van der Waals surface area contributed by atoms with Crippen molar-refractivity contribution >= 4 is 22.9 Å². The van der Waals surface area contributed by atoms with Crippen LogP contribution < -0.4 is 10.1 Å². The Bertz CT molecular complexity index is 1130. The van der Waals surface area contributed by atoms with E-state index >= 15 is 0 Å². The second-order valence-corrected chi connectivity index (χ2v) is 7.53. The van der Waals surface area contributed by atoms with Crippen molar-refractivity contribution in [3.8, 4) is 17.0 Å². The third kappa shape index (κ3) is 4.86. The fourth-order valence-corrected chi connectivity index (χ4v) is 3.45. The van der Waals surface area contributed by atoms with Crippen LogP contribution in [0.3, 0.4) is 0 Å². The predicted molar refractivity (Wildman–Crippen MR) is 115 cm³/mol. The topological polar surface area (TPSA) is 64.1 Å². The monoisotopic (exact) mass is 401 g/mol. The van der Waals surface area contributed by atoms with E-state index in [9.17, 15) is 4.79 Å². The normalized spacial score (nSPS) is 10.5. The lowest BCUT2D eigenvalue weighted by Crippen LogP contribution is -2.12. The molecular weight excluding hydrogens is 382 g/mol. The van der Waals surface area contributed by atoms with Crippen LogP contribution in [0.5, 0.6) is 5.75 Å². The van der Waals surface area contributed by atoms with E-state index < -0.39 is 0 Å². The molecule has 2 aromatic heterocycles. The van der Waals surface area contributed by atoms with Gasteiger partial charge in [0.2, 0.25) is 0 Å². The van der Waals surface area contributed by atoms with E-state index in [0.29, 0.717) is 17.9 Å². The Morgan fingerprint density at radius 3 is 2.79 bits per heavy atom. The molecule has 2 aromatic carbocycles. The van der Waals surface area contributed by atoms with E-state index in [-0.39, 0.29) is 5.91 Å². The van der Waals surface area contributed by atoms with Crippen molar-refractivity contribution in [2.24, 2.45) is 0 Å². The molecule has 0 saturated heterocycles. The summed E-state index contributed by atoms with van der Waals surface area (Å²) in [6.45, 7) is 2.37. The van der Waals surface area contributed by atoms with Gasteiger partial charge < -0.3 is 10.1 Å². The van der Waals surface area contributed by atoms with Crippen LogP contribution >= 0.6 is 11.3 Å². The molecule has 0 saturated carbocycles. The van der Waals surface area contributed by atoms with Crippen molar-refractivity contribution < 1.29 is 9.53 Å². The molecule has 1 N–H and O–H groups in total. The number of benzene rings is 2. The molecule has 0 aliphatic rings. The molecule has 2 heterocycles. The molecule has 0 bridgehead atoms. The summed E-state index contributed by atoms with van der Waals surface area (Å²) in [5.74, 6) is 0.441. The number of hydrogen-bond donors (Lipinski definition) is 1. The van der Waals surface area contributed by atoms with E-state index in [2.05, 4.69) is 15.3 Å². The Kier molecular flexibility index (Phi) is 5.63. The van der Waals surface area contributed by atoms with Gasteiger partial charge in [-0.05, 0) is 43.3 Å².